The lowest BCUT2D eigenvalue weighted by Gasteiger charge is -2.22. The standard InChI is InChI=1S/C20H22FN7O/c1-3-17-23-24-18-6-7-19(25-28(17)18)26-8-13-10-27(11-14(13)9-26)20(29)16-5-4-15(21)12(2)22-16/h4-7,13-14H,3,8-11H2,1-2H3. The number of carbonyl (C=O) groups excluding carboxylic acids is 1. The molecule has 3 aromatic heterocycles. The normalized spacial score (nSPS) is 21.2. The molecule has 8 nitrogen and oxygen atoms in total. The third-order valence-corrected chi connectivity index (χ3v) is 5.97. The van der Waals surface area contributed by atoms with Gasteiger partial charge in [-0.2, -0.15) is 4.52 Å². The summed E-state index contributed by atoms with van der Waals surface area (Å²) in [5, 5.41) is 13.0. The van der Waals surface area contributed by atoms with E-state index in [4.69, 9.17) is 5.10 Å². The monoisotopic (exact) mass is 395 g/mol. The summed E-state index contributed by atoms with van der Waals surface area (Å²) in [5.74, 6) is 2.04. The molecule has 1 amide bonds. The Bertz CT molecular complexity index is 1080. The minimum atomic E-state index is -0.390. The number of carbonyl (C=O) groups is 1. The number of nitrogens with zero attached hydrogens (tertiary/aromatic N) is 7. The lowest BCUT2D eigenvalue weighted by molar-refractivity contribution is 0.0776. The zero-order valence-corrected chi connectivity index (χ0v) is 16.4. The van der Waals surface area contributed by atoms with Crippen molar-refractivity contribution in [3.63, 3.8) is 0 Å². The van der Waals surface area contributed by atoms with E-state index in [1.54, 1.807) is 6.92 Å². The van der Waals surface area contributed by atoms with Crippen molar-refractivity contribution in [2.24, 2.45) is 11.8 Å². The summed E-state index contributed by atoms with van der Waals surface area (Å²) in [7, 11) is 0. The van der Waals surface area contributed by atoms with E-state index in [0.717, 1.165) is 36.8 Å². The van der Waals surface area contributed by atoms with Gasteiger partial charge in [-0.25, -0.2) is 9.37 Å². The van der Waals surface area contributed by atoms with Crippen molar-refractivity contribution in [1.29, 1.82) is 0 Å². The highest BCUT2D eigenvalue weighted by molar-refractivity contribution is 5.92. The molecule has 2 aliphatic heterocycles. The summed E-state index contributed by atoms with van der Waals surface area (Å²) in [6, 6.07) is 6.71. The number of anilines is 1. The number of likely N-dealkylation sites (tertiary alicyclic amines) is 1. The number of fused-ring (bicyclic) bond motifs is 2. The second-order valence-electron chi connectivity index (χ2n) is 7.83. The van der Waals surface area contributed by atoms with Gasteiger partial charge in [-0.15, -0.1) is 15.3 Å². The van der Waals surface area contributed by atoms with Crippen molar-refractivity contribution in [2.45, 2.75) is 20.3 Å². The number of halogens is 1. The van der Waals surface area contributed by atoms with Gasteiger partial charge in [0.2, 0.25) is 0 Å². The molecular weight excluding hydrogens is 373 g/mol. The molecule has 3 aromatic rings. The molecule has 2 atom stereocenters. The van der Waals surface area contributed by atoms with Gasteiger partial charge in [0.1, 0.15) is 17.3 Å². The number of hydrogen-bond donors (Lipinski definition) is 0. The predicted octanol–water partition coefficient (Wildman–Crippen LogP) is 1.74. The average molecular weight is 395 g/mol. The fourth-order valence-corrected chi connectivity index (χ4v) is 4.38. The van der Waals surface area contributed by atoms with Crippen LogP contribution in [-0.4, -0.2) is 61.8 Å². The Labute approximate surface area is 167 Å². The van der Waals surface area contributed by atoms with Crippen molar-refractivity contribution >= 4 is 17.4 Å². The van der Waals surface area contributed by atoms with Gasteiger partial charge in [-0.05, 0) is 31.2 Å². The van der Waals surface area contributed by atoms with E-state index < -0.39 is 0 Å². The predicted molar refractivity (Wildman–Crippen MR) is 104 cm³/mol. The summed E-state index contributed by atoms with van der Waals surface area (Å²) in [5.41, 5.74) is 1.32. The molecule has 0 radical (unpaired) electrons. The Morgan fingerprint density at radius 1 is 1.10 bits per heavy atom. The summed E-state index contributed by atoms with van der Waals surface area (Å²) >= 11 is 0. The number of amides is 1. The molecule has 0 aromatic carbocycles. The first-order valence-electron chi connectivity index (χ1n) is 9.92. The van der Waals surface area contributed by atoms with Crippen molar-refractivity contribution in [1.82, 2.24) is 29.7 Å². The van der Waals surface area contributed by atoms with Gasteiger partial charge in [0.05, 0.1) is 5.69 Å². The molecule has 2 aliphatic rings. The van der Waals surface area contributed by atoms with E-state index in [9.17, 15) is 9.18 Å². The number of hydrogen-bond acceptors (Lipinski definition) is 6. The molecule has 29 heavy (non-hydrogen) atoms. The molecular formula is C20H22FN7O. The van der Waals surface area contributed by atoms with Crippen LogP contribution in [-0.2, 0) is 6.42 Å². The molecule has 0 spiro atoms. The lowest BCUT2D eigenvalue weighted by Crippen LogP contribution is -2.34. The smallest absolute Gasteiger partial charge is 0.272 e. The van der Waals surface area contributed by atoms with E-state index in [1.807, 2.05) is 28.5 Å². The zero-order valence-electron chi connectivity index (χ0n) is 16.4. The second-order valence-corrected chi connectivity index (χ2v) is 7.83. The molecule has 0 N–H and O–H groups in total. The van der Waals surface area contributed by atoms with E-state index in [0.29, 0.717) is 30.6 Å². The molecule has 0 bridgehead atoms. The van der Waals surface area contributed by atoms with Crippen LogP contribution in [0.2, 0.25) is 0 Å². The zero-order chi connectivity index (χ0) is 20.1. The maximum Gasteiger partial charge on any atom is 0.272 e. The van der Waals surface area contributed by atoms with Gasteiger partial charge in [0.15, 0.2) is 11.5 Å². The maximum atomic E-state index is 13.4. The Kier molecular flexibility index (Phi) is 4.18. The molecule has 2 saturated heterocycles. The van der Waals surface area contributed by atoms with Crippen LogP contribution in [0.4, 0.5) is 10.2 Å². The first kappa shape index (κ1) is 18.0. The molecule has 0 aliphatic carbocycles. The molecule has 5 heterocycles. The molecule has 5 rings (SSSR count). The maximum absolute atomic E-state index is 13.4. The Morgan fingerprint density at radius 3 is 2.55 bits per heavy atom. The van der Waals surface area contributed by atoms with Gasteiger partial charge in [0.25, 0.3) is 5.91 Å². The second kappa shape index (κ2) is 6.75. The van der Waals surface area contributed by atoms with Gasteiger partial charge in [-0.3, -0.25) is 4.79 Å². The number of aryl methyl sites for hydroxylation is 2. The minimum Gasteiger partial charge on any atom is -0.354 e. The minimum absolute atomic E-state index is 0.120. The highest BCUT2D eigenvalue weighted by Gasteiger charge is 2.42. The van der Waals surface area contributed by atoms with Gasteiger partial charge >= 0.3 is 0 Å². The third-order valence-electron chi connectivity index (χ3n) is 5.97. The number of rotatable bonds is 3. The first-order chi connectivity index (χ1) is 14.0. The van der Waals surface area contributed by atoms with Crippen molar-refractivity contribution in [2.75, 3.05) is 31.1 Å². The van der Waals surface area contributed by atoms with E-state index in [-0.39, 0.29) is 17.4 Å². The lowest BCUT2D eigenvalue weighted by atomic mass is 10.0. The Hall–Kier alpha value is -3.10. The topological polar surface area (TPSA) is 79.5 Å². The fraction of sp³-hybridized carbons (Fsp3) is 0.450. The third kappa shape index (κ3) is 3.01. The van der Waals surface area contributed by atoms with Crippen LogP contribution < -0.4 is 4.90 Å². The largest absolute Gasteiger partial charge is 0.354 e. The van der Waals surface area contributed by atoms with Crippen LogP contribution in [0.1, 0.15) is 28.9 Å². The highest BCUT2D eigenvalue weighted by atomic mass is 19.1. The SMILES string of the molecule is CCc1nnc2ccc(N3CC4CN(C(=O)c5ccc(F)c(C)n5)CC4C3)nn12. The first-order valence-corrected chi connectivity index (χ1v) is 9.92. The van der Waals surface area contributed by atoms with Crippen molar-refractivity contribution in [3.8, 4) is 0 Å². The number of aromatic nitrogens is 5. The van der Waals surface area contributed by atoms with Crippen LogP contribution in [0.25, 0.3) is 5.65 Å². The van der Waals surface area contributed by atoms with Crippen LogP contribution >= 0.6 is 0 Å². The van der Waals surface area contributed by atoms with Gasteiger partial charge in [0, 0.05) is 44.4 Å². The Balaban J connectivity index is 1.29. The summed E-state index contributed by atoms with van der Waals surface area (Å²) < 4.78 is 15.3. The summed E-state index contributed by atoms with van der Waals surface area (Å²) in [6.07, 6.45) is 0.775. The number of pyridine rings is 1. The quantitative estimate of drug-likeness (QED) is 0.672. The molecule has 150 valence electrons. The van der Waals surface area contributed by atoms with Crippen LogP contribution in [0.5, 0.6) is 0 Å². The van der Waals surface area contributed by atoms with Gasteiger partial charge < -0.3 is 9.80 Å². The van der Waals surface area contributed by atoms with Crippen LogP contribution in [0.3, 0.4) is 0 Å². The highest BCUT2D eigenvalue weighted by Crippen LogP contribution is 2.34. The molecule has 0 saturated carbocycles. The van der Waals surface area contributed by atoms with E-state index in [2.05, 4.69) is 20.1 Å². The molecule has 2 unspecified atom stereocenters. The van der Waals surface area contributed by atoms with Crippen LogP contribution in [0, 0.1) is 24.6 Å². The Morgan fingerprint density at radius 2 is 1.86 bits per heavy atom. The summed E-state index contributed by atoms with van der Waals surface area (Å²) in [6.45, 7) is 6.69. The van der Waals surface area contributed by atoms with Gasteiger partial charge in [-0.1, -0.05) is 6.92 Å². The average Bonchev–Trinajstić information content (AvgIpc) is 3.41. The van der Waals surface area contributed by atoms with Crippen molar-refractivity contribution < 1.29 is 9.18 Å². The molecule has 2 fully saturated rings. The fourth-order valence-electron chi connectivity index (χ4n) is 4.38. The van der Waals surface area contributed by atoms with E-state index in [1.165, 1.54) is 12.1 Å². The van der Waals surface area contributed by atoms with Crippen LogP contribution in [0.15, 0.2) is 24.3 Å². The molecule has 9 heteroatoms. The summed E-state index contributed by atoms with van der Waals surface area (Å²) in [4.78, 5) is 21.0. The van der Waals surface area contributed by atoms with Crippen molar-refractivity contribution in [3.05, 3.63) is 47.3 Å². The van der Waals surface area contributed by atoms with E-state index >= 15 is 0 Å².